The minimum absolute atomic E-state index is 0.149. The number of aryl methyl sites for hydroxylation is 1. The van der Waals surface area contributed by atoms with Gasteiger partial charge in [0.25, 0.3) is 0 Å². The molecule has 0 radical (unpaired) electrons. The van der Waals surface area contributed by atoms with Gasteiger partial charge in [-0.15, -0.1) is 0 Å². The quantitative estimate of drug-likeness (QED) is 0.783. The molecular formula is C10H12ClNO2. The molecule has 0 unspecified atom stereocenters. The molecule has 14 heavy (non-hydrogen) atoms. The molecule has 0 aromatic heterocycles. The van der Waals surface area contributed by atoms with Gasteiger partial charge in [0.1, 0.15) is 6.54 Å². The minimum atomic E-state index is -0.304. The highest BCUT2D eigenvalue weighted by Crippen LogP contribution is 2.19. The van der Waals surface area contributed by atoms with Crippen molar-refractivity contribution in [1.29, 1.82) is 0 Å². The van der Waals surface area contributed by atoms with Crippen LogP contribution in [0.4, 0.5) is 5.69 Å². The zero-order chi connectivity index (χ0) is 10.6. The minimum Gasteiger partial charge on any atom is -0.468 e. The number of carbonyl (C=O) groups is 1. The molecule has 0 aliphatic heterocycles. The highest BCUT2D eigenvalue weighted by molar-refractivity contribution is 6.31. The SMILES string of the molecule is COC(=O)CNc1ccc(C)c(Cl)c1. The van der Waals surface area contributed by atoms with Gasteiger partial charge in [-0.25, -0.2) is 0 Å². The zero-order valence-electron chi connectivity index (χ0n) is 8.13. The van der Waals surface area contributed by atoms with E-state index in [1.807, 2.05) is 19.1 Å². The second-order valence-corrected chi connectivity index (χ2v) is 3.30. The van der Waals surface area contributed by atoms with Crippen molar-refractivity contribution in [3.63, 3.8) is 0 Å². The number of carbonyl (C=O) groups excluding carboxylic acids is 1. The fourth-order valence-corrected chi connectivity index (χ4v) is 1.13. The van der Waals surface area contributed by atoms with E-state index in [0.717, 1.165) is 11.3 Å². The van der Waals surface area contributed by atoms with Gasteiger partial charge in [0, 0.05) is 10.7 Å². The Bertz CT molecular complexity index is 339. The van der Waals surface area contributed by atoms with Crippen LogP contribution in [0.2, 0.25) is 5.02 Å². The molecule has 0 spiro atoms. The van der Waals surface area contributed by atoms with E-state index >= 15 is 0 Å². The fourth-order valence-electron chi connectivity index (χ4n) is 0.949. The van der Waals surface area contributed by atoms with E-state index in [2.05, 4.69) is 10.1 Å². The van der Waals surface area contributed by atoms with Crippen LogP contribution >= 0.6 is 11.6 Å². The lowest BCUT2D eigenvalue weighted by Crippen LogP contribution is -2.14. The summed E-state index contributed by atoms with van der Waals surface area (Å²) in [5, 5.41) is 3.58. The van der Waals surface area contributed by atoms with Crippen molar-refractivity contribution in [3.05, 3.63) is 28.8 Å². The number of benzene rings is 1. The molecule has 0 fully saturated rings. The first-order chi connectivity index (χ1) is 6.63. The molecular weight excluding hydrogens is 202 g/mol. The van der Waals surface area contributed by atoms with Crippen molar-refractivity contribution in [2.24, 2.45) is 0 Å². The van der Waals surface area contributed by atoms with Crippen LogP contribution in [0.3, 0.4) is 0 Å². The van der Waals surface area contributed by atoms with E-state index in [1.165, 1.54) is 7.11 Å². The largest absolute Gasteiger partial charge is 0.468 e. The van der Waals surface area contributed by atoms with Gasteiger partial charge in [0.05, 0.1) is 7.11 Å². The van der Waals surface area contributed by atoms with Crippen molar-refractivity contribution in [2.45, 2.75) is 6.92 Å². The van der Waals surface area contributed by atoms with Crippen LogP contribution in [-0.4, -0.2) is 19.6 Å². The zero-order valence-corrected chi connectivity index (χ0v) is 8.89. The normalized spacial score (nSPS) is 9.64. The van der Waals surface area contributed by atoms with Crippen molar-refractivity contribution in [3.8, 4) is 0 Å². The lowest BCUT2D eigenvalue weighted by atomic mass is 10.2. The predicted molar refractivity (Wildman–Crippen MR) is 56.7 cm³/mol. The number of esters is 1. The van der Waals surface area contributed by atoms with Gasteiger partial charge in [0.2, 0.25) is 0 Å². The molecule has 1 N–H and O–H groups in total. The monoisotopic (exact) mass is 213 g/mol. The highest BCUT2D eigenvalue weighted by Gasteiger charge is 2.01. The summed E-state index contributed by atoms with van der Waals surface area (Å²) in [7, 11) is 1.35. The summed E-state index contributed by atoms with van der Waals surface area (Å²) in [4.78, 5) is 10.8. The molecule has 0 saturated heterocycles. The summed E-state index contributed by atoms with van der Waals surface area (Å²) in [5.74, 6) is -0.304. The standard InChI is InChI=1S/C10H12ClNO2/c1-7-3-4-8(5-9(7)11)12-6-10(13)14-2/h3-5,12H,6H2,1-2H3. The Kier molecular flexibility index (Phi) is 3.77. The number of rotatable bonds is 3. The van der Waals surface area contributed by atoms with Crippen LogP contribution in [0.15, 0.2) is 18.2 Å². The molecule has 3 nitrogen and oxygen atoms in total. The van der Waals surface area contributed by atoms with E-state index in [4.69, 9.17) is 11.6 Å². The summed E-state index contributed by atoms with van der Waals surface area (Å²) in [5.41, 5.74) is 1.82. The third kappa shape index (κ3) is 2.92. The molecule has 4 heteroatoms. The fraction of sp³-hybridized carbons (Fsp3) is 0.300. The number of hydrogen-bond donors (Lipinski definition) is 1. The van der Waals surface area contributed by atoms with Gasteiger partial charge in [-0.05, 0) is 24.6 Å². The Labute approximate surface area is 88.0 Å². The van der Waals surface area contributed by atoms with Crippen LogP contribution in [0.5, 0.6) is 0 Å². The Hall–Kier alpha value is -1.22. The van der Waals surface area contributed by atoms with Crippen molar-refractivity contribution in [2.75, 3.05) is 19.0 Å². The maximum atomic E-state index is 10.8. The van der Waals surface area contributed by atoms with Crippen LogP contribution in [0.25, 0.3) is 0 Å². The third-order valence-electron chi connectivity index (χ3n) is 1.84. The number of nitrogens with one attached hydrogen (secondary N) is 1. The van der Waals surface area contributed by atoms with Gasteiger partial charge in [0.15, 0.2) is 0 Å². The summed E-state index contributed by atoms with van der Waals surface area (Å²) in [6.07, 6.45) is 0. The molecule has 0 amide bonds. The summed E-state index contributed by atoms with van der Waals surface area (Å²) in [6, 6.07) is 5.53. The molecule has 1 aromatic carbocycles. The maximum absolute atomic E-state index is 10.8. The maximum Gasteiger partial charge on any atom is 0.325 e. The van der Waals surface area contributed by atoms with Gasteiger partial charge in [-0.1, -0.05) is 17.7 Å². The van der Waals surface area contributed by atoms with Gasteiger partial charge < -0.3 is 10.1 Å². The molecule has 0 heterocycles. The van der Waals surface area contributed by atoms with Crippen molar-refractivity contribution < 1.29 is 9.53 Å². The van der Waals surface area contributed by atoms with Crippen LogP contribution in [0, 0.1) is 6.92 Å². The first kappa shape index (κ1) is 10.9. The lowest BCUT2D eigenvalue weighted by Gasteiger charge is -2.06. The summed E-state index contributed by atoms with van der Waals surface area (Å²) in [6.45, 7) is 2.07. The first-order valence-electron chi connectivity index (χ1n) is 4.20. The molecule has 0 aliphatic carbocycles. The van der Waals surface area contributed by atoms with Crippen LogP contribution < -0.4 is 5.32 Å². The second kappa shape index (κ2) is 4.86. The highest BCUT2D eigenvalue weighted by atomic mass is 35.5. The van der Waals surface area contributed by atoms with E-state index in [-0.39, 0.29) is 12.5 Å². The van der Waals surface area contributed by atoms with Gasteiger partial charge >= 0.3 is 5.97 Å². The average Bonchev–Trinajstić information content (AvgIpc) is 2.19. The number of methoxy groups -OCH3 is 1. The van der Waals surface area contributed by atoms with E-state index in [0.29, 0.717) is 5.02 Å². The van der Waals surface area contributed by atoms with Gasteiger partial charge in [-0.2, -0.15) is 0 Å². The van der Waals surface area contributed by atoms with E-state index < -0.39 is 0 Å². The Morgan fingerprint density at radius 1 is 1.57 bits per heavy atom. The average molecular weight is 214 g/mol. The predicted octanol–water partition coefficient (Wildman–Crippen LogP) is 2.23. The molecule has 1 rings (SSSR count). The second-order valence-electron chi connectivity index (χ2n) is 2.89. The number of ether oxygens (including phenoxy) is 1. The topological polar surface area (TPSA) is 38.3 Å². The van der Waals surface area contributed by atoms with Crippen LogP contribution in [-0.2, 0) is 9.53 Å². The smallest absolute Gasteiger partial charge is 0.325 e. The number of hydrogen-bond acceptors (Lipinski definition) is 3. The third-order valence-corrected chi connectivity index (χ3v) is 2.24. The van der Waals surface area contributed by atoms with E-state index in [1.54, 1.807) is 6.07 Å². The molecule has 0 saturated carbocycles. The first-order valence-corrected chi connectivity index (χ1v) is 4.58. The van der Waals surface area contributed by atoms with Crippen molar-refractivity contribution >= 4 is 23.3 Å². The lowest BCUT2D eigenvalue weighted by molar-refractivity contribution is -0.138. The molecule has 1 aromatic rings. The number of halogens is 1. The number of anilines is 1. The molecule has 0 atom stereocenters. The Morgan fingerprint density at radius 3 is 2.86 bits per heavy atom. The van der Waals surface area contributed by atoms with Crippen LogP contribution in [0.1, 0.15) is 5.56 Å². The molecule has 0 bridgehead atoms. The van der Waals surface area contributed by atoms with E-state index in [9.17, 15) is 4.79 Å². The summed E-state index contributed by atoms with van der Waals surface area (Å²) >= 11 is 5.91. The van der Waals surface area contributed by atoms with Crippen molar-refractivity contribution in [1.82, 2.24) is 0 Å². The molecule has 76 valence electrons. The molecule has 0 aliphatic rings. The van der Waals surface area contributed by atoms with Gasteiger partial charge in [-0.3, -0.25) is 4.79 Å². The Balaban J connectivity index is 2.60. The summed E-state index contributed by atoms with van der Waals surface area (Å²) < 4.78 is 4.49. The Morgan fingerprint density at radius 2 is 2.29 bits per heavy atom.